The number of para-hydroxylation sites is 2. The molecule has 5 aromatic rings. The molecule has 0 radical (unpaired) electrons. The number of hydrogen-bond donors (Lipinski definition) is 0. The van der Waals surface area contributed by atoms with Gasteiger partial charge in [-0.05, 0) is 41.2 Å². The summed E-state index contributed by atoms with van der Waals surface area (Å²) in [6.07, 6.45) is 3.03. The molecule has 0 bridgehead atoms. The molecule has 1 aliphatic rings. The van der Waals surface area contributed by atoms with Crippen LogP contribution in [0.1, 0.15) is 30.7 Å². The van der Waals surface area contributed by atoms with Crippen molar-refractivity contribution in [3.05, 3.63) is 108 Å². The molecule has 0 spiro atoms. The first-order valence-corrected chi connectivity index (χ1v) is 10.9. The summed E-state index contributed by atoms with van der Waals surface area (Å²) in [5, 5.41) is 6.21. The maximum absolute atomic E-state index is 4.85. The highest BCUT2D eigenvalue weighted by molar-refractivity contribution is 5.94. The van der Waals surface area contributed by atoms with Gasteiger partial charge < -0.3 is 4.57 Å². The Hall–Kier alpha value is -3.59. The molecule has 0 aliphatic heterocycles. The summed E-state index contributed by atoms with van der Waals surface area (Å²) < 4.78 is 4.63. The Kier molecular flexibility index (Phi) is 3.94. The number of fused-ring (bicyclic) bond motifs is 5. The number of hydrogen-bond acceptors (Lipinski definition) is 1. The number of benzene rings is 3. The molecule has 0 unspecified atom stereocenters. The van der Waals surface area contributed by atoms with Crippen molar-refractivity contribution in [3.8, 4) is 16.9 Å². The van der Waals surface area contributed by atoms with Gasteiger partial charge in [-0.1, -0.05) is 80.6 Å². The second-order valence-corrected chi connectivity index (χ2v) is 9.13. The lowest BCUT2D eigenvalue weighted by Crippen LogP contribution is -2.27. The Morgan fingerprint density at radius 2 is 1.52 bits per heavy atom. The lowest BCUT2D eigenvalue weighted by molar-refractivity contribution is 0.503. The van der Waals surface area contributed by atoms with Crippen molar-refractivity contribution >= 4 is 10.9 Å². The third kappa shape index (κ3) is 2.77. The molecule has 2 aromatic heterocycles. The molecule has 0 atom stereocenters. The molecule has 3 nitrogen and oxygen atoms in total. The summed E-state index contributed by atoms with van der Waals surface area (Å²) in [5.41, 5.74) is 9.05. The number of aromatic nitrogens is 3. The molecule has 6 rings (SSSR count). The summed E-state index contributed by atoms with van der Waals surface area (Å²) in [5.74, 6) is 0. The second-order valence-electron chi connectivity index (χ2n) is 9.13. The van der Waals surface area contributed by atoms with Crippen molar-refractivity contribution in [3.63, 3.8) is 0 Å². The van der Waals surface area contributed by atoms with Gasteiger partial charge in [0.1, 0.15) is 0 Å². The Balaban J connectivity index is 1.65. The fraction of sp³-hybridized carbons (Fsp3) is 0.179. The molecule has 0 saturated heterocycles. The van der Waals surface area contributed by atoms with Gasteiger partial charge in [0.15, 0.2) is 0 Å². The molecular formula is C28H25N3. The van der Waals surface area contributed by atoms with E-state index >= 15 is 0 Å². The highest BCUT2D eigenvalue weighted by Crippen LogP contribution is 2.48. The average Bonchev–Trinajstić information content (AvgIpc) is 3.35. The minimum Gasteiger partial charge on any atom is -0.336 e. The van der Waals surface area contributed by atoms with Crippen molar-refractivity contribution < 1.29 is 0 Å². The van der Waals surface area contributed by atoms with Gasteiger partial charge in [0, 0.05) is 23.0 Å². The maximum atomic E-state index is 4.85. The van der Waals surface area contributed by atoms with E-state index in [-0.39, 0.29) is 5.41 Å². The molecule has 31 heavy (non-hydrogen) atoms. The van der Waals surface area contributed by atoms with Crippen LogP contribution in [0.2, 0.25) is 0 Å². The highest BCUT2D eigenvalue weighted by Gasteiger charge is 2.38. The summed E-state index contributed by atoms with van der Waals surface area (Å²) in [4.78, 5) is 0. The van der Waals surface area contributed by atoms with E-state index in [2.05, 4.69) is 114 Å². The molecule has 1 aliphatic carbocycles. The van der Waals surface area contributed by atoms with Crippen LogP contribution >= 0.6 is 0 Å². The predicted octanol–water partition coefficient (Wildman–Crippen LogP) is 6.38. The molecule has 0 amide bonds. The Labute approximate surface area is 182 Å². The van der Waals surface area contributed by atoms with Gasteiger partial charge in [0.05, 0.1) is 23.3 Å². The maximum Gasteiger partial charge on any atom is 0.0649 e. The Morgan fingerprint density at radius 1 is 0.839 bits per heavy atom. The van der Waals surface area contributed by atoms with E-state index in [9.17, 15) is 0 Å². The molecule has 0 fully saturated rings. The number of rotatable bonds is 3. The normalized spacial score (nSPS) is 14.4. The molecular weight excluding hydrogens is 378 g/mol. The topological polar surface area (TPSA) is 22.8 Å². The van der Waals surface area contributed by atoms with Crippen molar-refractivity contribution in [2.45, 2.75) is 32.2 Å². The van der Waals surface area contributed by atoms with Crippen LogP contribution in [0.25, 0.3) is 27.8 Å². The van der Waals surface area contributed by atoms with Crippen molar-refractivity contribution in [1.82, 2.24) is 14.3 Å². The van der Waals surface area contributed by atoms with E-state index in [0.29, 0.717) is 0 Å². The zero-order valence-corrected chi connectivity index (χ0v) is 17.9. The monoisotopic (exact) mass is 403 g/mol. The van der Waals surface area contributed by atoms with Crippen LogP contribution in [0.5, 0.6) is 0 Å². The molecule has 0 N–H and O–H groups in total. The fourth-order valence-corrected chi connectivity index (χ4v) is 5.24. The van der Waals surface area contributed by atoms with Gasteiger partial charge in [-0.15, -0.1) is 0 Å². The van der Waals surface area contributed by atoms with E-state index < -0.39 is 0 Å². The van der Waals surface area contributed by atoms with Gasteiger partial charge in [0.25, 0.3) is 0 Å². The van der Waals surface area contributed by atoms with Crippen molar-refractivity contribution in [1.29, 1.82) is 0 Å². The Bertz CT molecular complexity index is 1390. The molecule has 3 heteroatoms. The van der Waals surface area contributed by atoms with Gasteiger partial charge >= 0.3 is 0 Å². The smallest absolute Gasteiger partial charge is 0.0649 e. The first-order chi connectivity index (χ1) is 15.1. The summed E-state index contributed by atoms with van der Waals surface area (Å²) in [7, 11) is 0. The quantitative estimate of drug-likeness (QED) is 0.343. The zero-order chi connectivity index (χ0) is 21.0. The van der Waals surface area contributed by atoms with Crippen LogP contribution in [0.3, 0.4) is 0 Å². The minimum atomic E-state index is 0.0104. The summed E-state index contributed by atoms with van der Waals surface area (Å²) in [6, 6.07) is 30.1. The average molecular weight is 404 g/mol. The molecule has 152 valence electrons. The van der Waals surface area contributed by atoms with Crippen molar-refractivity contribution in [2.24, 2.45) is 0 Å². The molecule has 3 aromatic carbocycles. The van der Waals surface area contributed by atoms with E-state index in [1.807, 2.05) is 0 Å². The minimum absolute atomic E-state index is 0.0104. The van der Waals surface area contributed by atoms with Gasteiger partial charge in [-0.3, -0.25) is 0 Å². The van der Waals surface area contributed by atoms with E-state index in [0.717, 1.165) is 18.7 Å². The highest BCUT2D eigenvalue weighted by atomic mass is 15.3. The lowest BCUT2D eigenvalue weighted by atomic mass is 9.73. The molecule has 0 saturated carbocycles. The lowest BCUT2D eigenvalue weighted by Gasteiger charge is -2.32. The van der Waals surface area contributed by atoms with Gasteiger partial charge in [-0.25, -0.2) is 4.68 Å². The largest absolute Gasteiger partial charge is 0.336 e. The third-order valence-electron chi connectivity index (χ3n) is 6.57. The predicted molar refractivity (Wildman–Crippen MR) is 127 cm³/mol. The van der Waals surface area contributed by atoms with Crippen LogP contribution in [-0.2, 0) is 18.4 Å². The SMILES string of the molecule is CC1(C)Cc2c(cnn2-c2ccccc2)-c2c1c1ccccc1n2Cc1ccccc1. The van der Waals surface area contributed by atoms with Crippen molar-refractivity contribution in [2.75, 3.05) is 0 Å². The van der Waals surface area contributed by atoms with Crippen LogP contribution in [0.15, 0.2) is 91.1 Å². The fourth-order valence-electron chi connectivity index (χ4n) is 5.24. The first kappa shape index (κ1) is 18.2. The van der Waals surface area contributed by atoms with Gasteiger partial charge in [0.2, 0.25) is 0 Å². The van der Waals surface area contributed by atoms with Crippen LogP contribution in [0.4, 0.5) is 0 Å². The second kappa shape index (κ2) is 6.71. The van der Waals surface area contributed by atoms with Crippen LogP contribution < -0.4 is 0 Å². The Morgan fingerprint density at radius 3 is 2.29 bits per heavy atom. The zero-order valence-electron chi connectivity index (χ0n) is 17.9. The third-order valence-corrected chi connectivity index (χ3v) is 6.57. The molecule has 2 heterocycles. The first-order valence-electron chi connectivity index (χ1n) is 10.9. The summed E-state index contributed by atoms with van der Waals surface area (Å²) in [6.45, 7) is 5.59. The van der Waals surface area contributed by atoms with E-state index in [1.54, 1.807) is 0 Å². The summed E-state index contributed by atoms with van der Waals surface area (Å²) >= 11 is 0. The van der Waals surface area contributed by atoms with Gasteiger partial charge in [-0.2, -0.15) is 5.10 Å². The van der Waals surface area contributed by atoms with E-state index in [4.69, 9.17) is 5.10 Å². The standard InChI is InChI=1S/C28H25N3/c1-28(2)17-25-23(18-29-31(25)21-13-7-4-8-14-21)27-26(28)22-15-9-10-16-24(22)30(27)19-20-11-5-3-6-12-20/h3-16,18H,17,19H2,1-2H3. The number of nitrogens with zero attached hydrogens (tertiary/aromatic N) is 3. The van der Waals surface area contributed by atoms with Crippen LogP contribution in [-0.4, -0.2) is 14.3 Å². The van der Waals surface area contributed by atoms with E-state index in [1.165, 1.54) is 39.0 Å². The van der Waals surface area contributed by atoms with Crippen LogP contribution in [0, 0.1) is 0 Å².